The molecule has 112 valence electrons. The van der Waals surface area contributed by atoms with Crippen LogP contribution in [0.15, 0.2) is 24.3 Å². The smallest absolute Gasteiger partial charge is 0.0234 e. The van der Waals surface area contributed by atoms with Crippen LogP contribution in [0.5, 0.6) is 0 Å². The molecule has 0 aromatic heterocycles. The van der Waals surface area contributed by atoms with E-state index in [0.29, 0.717) is 6.04 Å². The molecule has 0 saturated carbocycles. The van der Waals surface area contributed by atoms with Crippen molar-refractivity contribution in [3.05, 3.63) is 35.4 Å². The first-order chi connectivity index (χ1) is 9.72. The van der Waals surface area contributed by atoms with Gasteiger partial charge >= 0.3 is 0 Å². The van der Waals surface area contributed by atoms with Gasteiger partial charge in [-0.3, -0.25) is 9.80 Å². The molecule has 3 heteroatoms. The quantitative estimate of drug-likeness (QED) is 0.864. The number of rotatable bonds is 6. The second-order valence-corrected chi connectivity index (χ2v) is 5.94. The Kier molecular flexibility index (Phi) is 6.02. The van der Waals surface area contributed by atoms with E-state index in [9.17, 15) is 0 Å². The van der Waals surface area contributed by atoms with Crippen LogP contribution in [-0.2, 0) is 6.54 Å². The van der Waals surface area contributed by atoms with Crippen molar-refractivity contribution in [2.75, 3.05) is 32.7 Å². The number of nitrogens with two attached hydrogens (primary N) is 1. The highest BCUT2D eigenvalue weighted by Gasteiger charge is 2.22. The lowest BCUT2D eigenvalue weighted by Crippen LogP contribution is -2.50. The summed E-state index contributed by atoms with van der Waals surface area (Å²) in [7, 11) is 0. The van der Waals surface area contributed by atoms with Gasteiger partial charge in [-0.15, -0.1) is 0 Å². The molecule has 0 amide bonds. The fraction of sp³-hybridized carbons (Fsp3) is 0.647. The third kappa shape index (κ3) is 4.30. The lowest BCUT2D eigenvalue weighted by atomic mass is 10.1. The van der Waals surface area contributed by atoms with Crippen LogP contribution >= 0.6 is 0 Å². The minimum absolute atomic E-state index is 0.682. The molecule has 1 heterocycles. The highest BCUT2D eigenvalue weighted by atomic mass is 15.3. The second kappa shape index (κ2) is 7.77. The highest BCUT2D eigenvalue weighted by Crippen LogP contribution is 2.14. The standard InChI is InChI=1S/C17H29N3/c1-3-17(7-8-18)20-11-9-19(10-12-20)14-16-6-4-5-15(2)13-16/h4-6,13,17H,3,7-12,14,18H2,1-2H3. The van der Waals surface area contributed by atoms with E-state index in [4.69, 9.17) is 5.73 Å². The van der Waals surface area contributed by atoms with Crippen LogP contribution in [0.3, 0.4) is 0 Å². The Balaban J connectivity index is 1.82. The van der Waals surface area contributed by atoms with Gasteiger partial charge in [0.1, 0.15) is 0 Å². The number of nitrogens with zero attached hydrogens (tertiary/aromatic N) is 2. The van der Waals surface area contributed by atoms with Gasteiger partial charge in [0.25, 0.3) is 0 Å². The molecule has 1 saturated heterocycles. The summed E-state index contributed by atoms with van der Waals surface area (Å²) in [5.74, 6) is 0. The van der Waals surface area contributed by atoms with Crippen LogP contribution in [0, 0.1) is 6.92 Å². The normalized spacial score (nSPS) is 19.1. The molecular weight excluding hydrogens is 246 g/mol. The summed E-state index contributed by atoms with van der Waals surface area (Å²) < 4.78 is 0. The van der Waals surface area contributed by atoms with E-state index in [1.807, 2.05) is 0 Å². The van der Waals surface area contributed by atoms with Gasteiger partial charge < -0.3 is 5.73 Å². The van der Waals surface area contributed by atoms with Crippen LogP contribution in [0.25, 0.3) is 0 Å². The van der Waals surface area contributed by atoms with Crippen LogP contribution in [-0.4, -0.2) is 48.6 Å². The predicted octanol–water partition coefficient (Wildman–Crippen LogP) is 2.24. The molecule has 1 fully saturated rings. The third-order valence-corrected chi connectivity index (χ3v) is 4.38. The van der Waals surface area contributed by atoms with E-state index in [-0.39, 0.29) is 0 Å². The fourth-order valence-electron chi connectivity index (χ4n) is 3.19. The Hall–Kier alpha value is -0.900. The molecule has 0 radical (unpaired) electrons. The molecule has 1 aliphatic heterocycles. The number of benzene rings is 1. The average molecular weight is 275 g/mol. The highest BCUT2D eigenvalue weighted by molar-refractivity contribution is 5.22. The SMILES string of the molecule is CCC(CCN)N1CCN(Cc2cccc(C)c2)CC1. The van der Waals surface area contributed by atoms with Crippen molar-refractivity contribution in [2.45, 2.75) is 39.3 Å². The van der Waals surface area contributed by atoms with E-state index in [2.05, 4.69) is 47.9 Å². The lowest BCUT2D eigenvalue weighted by Gasteiger charge is -2.39. The van der Waals surface area contributed by atoms with Gasteiger partial charge in [0, 0.05) is 38.8 Å². The van der Waals surface area contributed by atoms with Gasteiger partial charge in [-0.25, -0.2) is 0 Å². The van der Waals surface area contributed by atoms with Gasteiger partial charge in [-0.2, -0.15) is 0 Å². The van der Waals surface area contributed by atoms with Crippen LogP contribution in [0.1, 0.15) is 30.9 Å². The molecule has 1 aliphatic rings. The summed E-state index contributed by atoms with van der Waals surface area (Å²) >= 11 is 0. The van der Waals surface area contributed by atoms with E-state index in [1.54, 1.807) is 0 Å². The molecular formula is C17H29N3. The monoisotopic (exact) mass is 275 g/mol. The molecule has 3 nitrogen and oxygen atoms in total. The Morgan fingerprint density at radius 3 is 2.55 bits per heavy atom. The minimum Gasteiger partial charge on any atom is -0.330 e. The topological polar surface area (TPSA) is 32.5 Å². The molecule has 0 spiro atoms. The summed E-state index contributed by atoms with van der Waals surface area (Å²) in [6.45, 7) is 11.1. The molecule has 2 rings (SSSR count). The summed E-state index contributed by atoms with van der Waals surface area (Å²) in [5, 5.41) is 0. The summed E-state index contributed by atoms with van der Waals surface area (Å²) in [6.07, 6.45) is 2.35. The second-order valence-electron chi connectivity index (χ2n) is 5.94. The summed E-state index contributed by atoms with van der Waals surface area (Å²) in [6, 6.07) is 9.55. The molecule has 1 aromatic carbocycles. The summed E-state index contributed by atoms with van der Waals surface area (Å²) in [4.78, 5) is 5.19. The molecule has 1 aromatic rings. The Morgan fingerprint density at radius 2 is 1.95 bits per heavy atom. The minimum atomic E-state index is 0.682. The van der Waals surface area contributed by atoms with Crippen molar-refractivity contribution in [3.63, 3.8) is 0 Å². The predicted molar refractivity (Wildman–Crippen MR) is 85.8 cm³/mol. The first-order valence-corrected chi connectivity index (χ1v) is 7.95. The molecule has 20 heavy (non-hydrogen) atoms. The zero-order valence-electron chi connectivity index (χ0n) is 13.0. The maximum atomic E-state index is 5.72. The molecule has 2 N–H and O–H groups in total. The van der Waals surface area contributed by atoms with Crippen LogP contribution in [0.4, 0.5) is 0 Å². The van der Waals surface area contributed by atoms with Gasteiger partial charge in [-0.1, -0.05) is 36.8 Å². The number of hydrogen-bond acceptors (Lipinski definition) is 3. The maximum Gasteiger partial charge on any atom is 0.0234 e. The van der Waals surface area contributed by atoms with Gasteiger partial charge in [0.15, 0.2) is 0 Å². The lowest BCUT2D eigenvalue weighted by molar-refractivity contribution is 0.0871. The van der Waals surface area contributed by atoms with Gasteiger partial charge in [0.2, 0.25) is 0 Å². The van der Waals surface area contributed by atoms with E-state index >= 15 is 0 Å². The van der Waals surface area contributed by atoms with Gasteiger partial charge in [-0.05, 0) is 31.9 Å². The fourth-order valence-corrected chi connectivity index (χ4v) is 3.19. The molecule has 0 aliphatic carbocycles. The Morgan fingerprint density at radius 1 is 1.20 bits per heavy atom. The van der Waals surface area contributed by atoms with Crippen molar-refractivity contribution in [1.82, 2.24) is 9.80 Å². The van der Waals surface area contributed by atoms with E-state index < -0.39 is 0 Å². The van der Waals surface area contributed by atoms with Gasteiger partial charge in [0.05, 0.1) is 0 Å². The molecule has 0 bridgehead atoms. The number of piperazine rings is 1. The van der Waals surface area contributed by atoms with Crippen molar-refractivity contribution in [2.24, 2.45) is 5.73 Å². The number of hydrogen-bond donors (Lipinski definition) is 1. The van der Waals surface area contributed by atoms with Crippen LogP contribution in [0.2, 0.25) is 0 Å². The third-order valence-electron chi connectivity index (χ3n) is 4.38. The van der Waals surface area contributed by atoms with Crippen molar-refractivity contribution >= 4 is 0 Å². The zero-order chi connectivity index (χ0) is 14.4. The first-order valence-electron chi connectivity index (χ1n) is 7.95. The average Bonchev–Trinajstić information content (AvgIpc) is 2.46. The first kappa shape index (κ1) is 15.5. The largest absolute Gasteiger partial charge is 0.330 e. The zero-order valence-corrected chi connectivity index (χ0v) is 13.0. The van der Waals surface area contributed by atoms with E-state index in [0.717, 1.165) is 19.5 Å². The number of aryl methyl sites for hydroxylation is 1. The van der Waals surface area contributed by atoms with E-state index in [1.165, 1.54) is 43.7 Å². The van der Waals surface area contributed by atoms with Crippen molar-refractivity contribution < 1.29 is 0 Å². The Bertz CT molecular complexity index is 397. The molecule has 1 atom stereocenters. The summed E-state index contributed by atoms with van der Waals surface area (Å²) in [5.41, 5.74) is 8.51. The Labute approximate surface area is 123 Å². The van der Waals surface area contributed by atoms with Crippen LogP contribution < -0.4 is 5.73 Å². The molecule has 1 unspecified atom stereocenters. The van der Waals surface area contributed by atoms with Crippen molar-refractivity contribution in [1.29, 1.82) is 0 Å². The maximum absolute atomic E-state index is 5.72. The van der Waals surface area contributed by atoms with Crippen molar-refractivity contribution in [3.8, 4) is 0 Å².